The number of phenols is 1. The van der Waals surface area contributed by atoms with Crippen LogP contribution < -0.4 is 5.32 Å². The van der Waals surface area contributed by atoms with E-state index in [-0.39, 0.29) is 37.1 Å². The maximum absolute atomic E-state index is 12.0. The van der Waals surface area contributed by atoms with Gasteiger partial charge in [0.15, 0.2) is 6.29 Å². The average Bonchev–Trinajstić information content (AvgIpc) is 3.11. The number of likely N-dealkylation sites (N-methyl/N-ethyl adjacent to an activating group) is 1. The maximum atomic E-state index is 12.0. The van der Waals surface area contributed by atoms with Crippen LogP contribution in [0, 0.1) is 5.92 Å². The van der Waals surface area contributed by atoms with Gasteiger partial charge in [0.2, 0.25) is 0 Å². The molecule has 0 aromatic heterocycles. The lowest BCUT2D eigenvalue weighted by molar-refractivity contribution is -0.276. The summed E-state index contributed by atoms with van der Waals surface area (Å²) in [6.07, 6.45) is -0.926. The molecule has 1 heterocycles. The van der Waals surface area contributed by atoms with Crippen molar-refractivity contribution in [2.24, 2.45) is 5.92 Å². The van der Waals surface area contributed by atoms with Gasteiger partial charge in [-0.1, -0.05) is 105 Å². The van der Waals surface area contributed by atoms with Crippen LogP contribution in [-0.4, -0.2) is 59.2 Å². The number of alkyl carbamates (subject to hydrolysis) is 1. The van der Waals surface area contributed by atoms with Crippen molar-refractivity contribution in [1.82, 2.24) is 10.2 Å². The quantitative estimate of drug-likeness (QED) is 0.122. The van der Waals surface area contributed by atoms with Gasteiger partial charge in [0, 0.05) is 31.1 Å². The summed E-state index contributed by atoms with van der Waals surface area (Å²) >= 11 is 0. The number of aromatic hydroxyl groups is 1. The molecule has 1 aliphatic heterocycles. The molecule has 0 saturated carbocycles. The van der Waals surface area contributed by atoms with E-state index in [0.717, 1.165) is 33.4 Å². The molecule has 48 heavy (non-hydrogen) atoms. The molecule has 4 N–H and O–H groups in total. The number of benzene rings is 4. The molecule has 9 heteroatoms. The van der Waals surface area contributed by atoms with Gasteiger partial charge in [0.1, 0.15) is 12.4 Å². The molecule has 1 amide bonds. The Morgan fingerprint density at radius 1 is 1.00 bits per heavy atom. The lowest BCUT2D eigenvalue weighted by atomic mass is 9.90. The Morgan fingerprint density at radius 2 is 1.73 bits per heavy atom. The van der Waals surface area contributed by atoms with Crippen LogP contribution in [0.3, 0.4) is 0 Å². The number of carbonyl (C=O) groups excluding carboxylic acids is 1. The van der Waals surface area contributed by atoms with Crippen LogP contribution in [0.15, 0.2) is 110 Å². The third kappa shape index (κ3) is 8.89. The topological polar surface area (TPSA) is 121 Å². The Balaban J connectivity index is 1.34. The van der Waals surface area contributed by atoms with Gasteiger partial charge in [-0.15, -0.1) is 0 Å². The first-order valence-electron chi connectivity index (χ1n) is 16.1. The van der Waals surface area contributed by atoms with E-state index in [1.807, 2.05) is 84.7 Å². The zero-order valence-electron chi connectivity index (χ0n) is 27.4. The van der Waals surface area contributed by atoms with E-state index in [0.29, 0.717) is 25.2 Å². The van der Waals surface area contributed by atoms with Gasteiger partial charge in [0.05, 0.1) is 24.9 Å². The summed E-state index contributed by atoms with van der Waals surface area (Å²) in [5, 5.41) is 33.1. The smallest absolute Gasteiger partial charge is 0.407 e. The molecule has 1 saturated heterocycles. The number of aliphatic hydroxyl groups is 2. The van der Waals surface area contributed by atoms with Gasteiger partial charge in [-0.05, 0) is 52.6 Å². The number of nitrogens with one attached hydrogen (secondary N) is 1. The van der Waals surface area contributed by atoms with Crippen LogP contribution >= 0.6 is 0 Å². The highest BCUT2D eigenvalue weighted by Gasteiger charge is 2.39. The van der Waals surface area contributed by atoms with E-state index in [4.69, 9.17) is 14.2 Å². The predicted molar refractivity (Wildman–Crippen MR) is 184 cm³/mol. The normalized spacial score (nSPS) is 19.9. The molecule has 0 radical (unpaired) electrons. The van der Waals surface area contributed by atoms with Gasteiger partial charge >= 0.3 is 6.09 Å². The Bertz CT molecular complexity index is 1640. The Labute approximate surface area is 282 Å². The van der Waals surface area contributed by atoms with Gasteiger partial charge in [-0.2, -0.15) is 0 Å². The van der Waals surface area contributed by atoms with E-state index in [9.17, 15) is 20.1 Å². The summed E-state index contributed by atoms with van der Waals surface area (Å²) in [7, 11) is 1.94. The van der Waals surface area contributed by atoms with Crippen LogP contribution in [0.4, 0.5) is 4.79 Å². The zero-order valence-corrected chi connectivity index (χ0v) is 27.4. The van der Waals surface area contributed by atoms with Crippen molar-refractivity contribution >= 4 is 6.09 Å². The zero-order chi connectivity index (χ0) is 34.0. The van der Waals surface area contributed by atoms with E-state index < -0.39 is 18.5 Å². The van der Waals surface area contributed by atoms with E-state index in [2.05, 4.69) is 18.8 Å². The fourth-order valence-electron chi connectivity index (χ4n) is 5.97. The number of aliphatic hydroxyl groups excluding tert-OH is 2. The summed E-state index contributed by atoms with van der Waals surface area (Å²) in [5.74, 6) is 0.0852. The average molecular weight is 653 g/mol. The third-order valence-electron chi connectivity index (χ3n) is 8.62. The first-order chi connectivity index (χ1) is 23.2. The fourth-order valence-corrected chi connectivity index (χ4v) is 5.97. The lowest BCUT2D eigenvalue weighted by Crippen LogP contribution is -2.44. The number of nitrogens with zero attached hydrogens (tertiary/aromatic N) is 1. The SMILES string of the molecule is C=CCOC(=O)NCc1ccccc1-c1ccc([C@@H]2O[C@H](CN(C)C[C@@H](O)c3cccc(O)c3)[C@H](C)[C@H](c3ccc(CO)cc3)O2)cc1. The highest BCUT2D eigenvalue weighted by Crippen LogP contribution is 2.42. The van der Waals surface area contributed by atoms with Crippen LogP contribution in [0.1, 0.15) is 53.2 Å². The highest BCUT2D eigenvalue weighted by atomic mass is 16.7. The minimum atomic E-state index is -0.779. The van der Waals surface area contributed by atoms with Gasteiger partial charge in [0.25, 0.3) is 0 Å². The largest absolute Gasteiger partial charge is 0.508 e. The molecule has 0 aliphatic carbocycles. The minimum Gasteiger partial charge on any atom is -0.508 e. The van der Waals surface area contributed by atoms with Crippen molar-refractivity contribution in [2.45, 2.75) is 44.7 Å². The second kappa shape index (κ2) is 16.5. The second-order valence-electron chi connectivity index (χ2n) is 12.2. The number of ether oxygens (including phenoxy) is 3. The number of amides is 1. The summed E-state index contributed by atoms with van der Waals surface area (Å²) in [5.41, 5.74) is 6.23. The molecule has 0 unspecified atom stereocenters. The molecule has 252 valence electrons. The number of rotatable bonds is 13. The van der Waals surface area contributed by atoms with Crippen molar-refractivity contribution in [3.8, 4) is 16.9 Å². The summed E-state index contributed by atoms with van der Waals surface area (Å²) in [6, 6.07) is 30.4. The minimum absolute atomic E-state index is 0.0293. The third-order valence-corrected chi connectivity index (χ3v) is 8.62. The molecular weight excluding hydrogens is 608 g/mol. The van der Waals surface area contributed by atoms with Crippen LogP contribution in [0.2, 0.25) is 0 Å². The molecule has 4 aromatic rings. The van der Waals surface area contributed by atoms with E-state index >= 15 is 0 Å². The van der Waals surface area contributed by atoms with Crippen molar-refractivity contribution in [3.63, 3.8) is 0 Å². The predicted octanol–water partition coefficient (Wildman–Crippen LogP) is 6.42. The van der Waals surface area contributed by atoms with Crippen LogP contribution in [-0.2, 0) is 27.4 Å². The van der Waals surface area contributed by atoms with Crippen LogP contribution in [0.25, 0.3) is 11.1 Å². The standard InChI is InChI=1S/C39H44N2O7/c1-4-20-46-39(45)40-22-32-8-5-6-11-34(32)28-16-18-30(19-17-28)38-47-36(24-41(3)23-35(44)31-9-7-10-33(43)21-31)26(2)37(48-38)29-14-12-27(25-42)13-15-29/h4-19,21,26,35-38,42-44H,1,20,22-25H2,2-3H3,(H,40,45)/t26-,35+,36+,37+,38+/m0/s1. The molecule has 9 nitrogen and oxygen atoms in total. The van der Waals surface area contributed by atoms with Gasteiger partial charge in [-0.25, -0.2) is 4.79 Å². The Morgan fingerprint density at radius 3 is 2.44 bits per heavy atom. The number of carbonyl (C=O) groups is 1. The summed E-state index contributed by atoms with van der Waals surface area (Å²) < 4.78 is 18.3. The first-order valence-corrected chi connectivity index (χ1v) is 16.1. The van der Waals surface area contributed by atoms with Crippen LogP contribution in [0.5, 0.6) is 5.75 Å². The molecule has 1 aliphatic rings. The molecule has 1 fully saturated rings. The number of hydrogen-bond donors (Lipinski definition) is 4. The first kappa shape index (κ1) is 34.8. The van der Waals surface area contributed by atoms with Crippen molar-refractivity contribution in [3.05, 3.63) is 138 Å². The molecule has 0 bridgehead atoms. The van der Waals surface area contributed by atoms with Crippen molar-refractivity contribution in [1.29, 1.82) is 0 Å². The van der Waals surface area contributed by atoms with Gasteiger partial charge in [-0.3, -0.25) is 0 Å². The summed E-state index contributed by atoms with van der Waals surface area (Å²) in [4.78, 5) is 14.0. The molecule has 0 spiro atoms. The molecule has 5 atom stereocenters. The number of phenolic OH excluding ortho intramolecular Hbond substituents is 1. The molecular formula is C39H44N2O7. The fraction of sp³-hybridized carbons (Fsp3) is 0.308. The molecule has 5 rings (SSSR count). The highest BCUT2D eigenvalue weighted by molar-refractivity contribution is 5.70. The number of hydrogen-bond acceptors (Lipinski definition) is 8. The van der Waals surface area contributed by atoms with Gasteiger partial charge < -0.3 is 39.7 Å². The lowest BCUT2D eigenvalue weighted by Gasteiger charge is -2.42. The maximum Gasteiger partial charge on any atom is 0.407 e. The second-order valence-corrected chi connectivity index (χ2v) is 12.2. The Kier molecular flexibility index (Phi) is 12.0. The van der Waals surface area contributed by atoms with E-state index in [1.165, 1.54) is 6.08 Å². The molecule has 4 aromatic carbocycles. The van der Waals surface area contributed by atoms with Crippen molar-refractivity contribution in [2.75, 3.05) is 26.7 Å². The van der Waals surface area contributed by atoms with E-state index in [1.54, 1.807) is 24.3 Å². The monoisotopic (exact) mass is 652 g/mol. The Hall–Kier alpha value is -4.51. The van der Waals surface area contributed by atoms with Crippen molar-refractivity contribution < 1.29 is 34.3 Å². The summed E-state index contributed by atoms with van der Waals surface area (Å²) in [6.45, 7) is 6.98.